The zero-order valence-electron chi connectivity index (χ0n) is 12.1. The van der Waals surface area contributed by atoms with Gasteiger partial charge in [-0.05, 0) is 0 Å². The molecule has 19 heavy (non-hydrogen) atoms. The van der Waals surface area contributed by atoms with E-state index in [-0.39, 0.29) is 16.5 Å². The molecule has 8 nitrogen and oxygen atoms in total. The molecule has 0 saturated carbocycles. The molecule has 112 valence electrons. The van der Waals surface area contributed by atoms with Gasteiger partial charge in [0.2, 0.25) is 11.1 Å². The van der Waals surface area contributed by atoms with E-state index in [2.05, 4.69) is 0 Å². The Balaban J connectivity index is 4.31. The number of rotatable bonds is 9. The summed E-state index contributed by atoms with van der Waals surface area (Å²) in [6.45, 7) is 7.38. The number of hydrogen-bond donors (Lipinski definition) is 1. The minimum Gasteiger partial charge on any atom is -0.318 e. The molecule has 0 fully saturated rings. The molecule has 0 aliphatic heterocycles. The minimum absolute atomic E-state index is 0.238. The highest BCUT2D eigenvalue weighted by molar-refractivity contribution is 4.73. The molecule has 0 spiro atoms. The lowest BCUT2D eigenvalue weighted by atomic mass is 10.00. The molecule has 0 unspecified atom stereocenters. The van der Waals surface area contributed by atoms with Gasteiger partial charge >= 0.3 is 0 Å². The first kappa shape index (κ1) is 17.7. The maximum atomic E-state index is 10.8. The third kappa shape index (κ3) is 5.93. The summed E-state index contributed by atoms with van der Waals surface area (Å²) in [5.74, 6) is 0. The van der Waals surface area contributed by atoms with Gasteiger partial charge in [-0.3, -0.25) is 25.1 Å². The Kier molecular flexibility index (Phi) is 6.31. The van der Waals surface area contributed by atoms with Crippen LogP contribution in [0, 0.1) is 20.2 Å². The van der Waals surface area contributed by atoms with E-state index in [1.54, 1.807) is 32.6 Å². The number of nitro groups is 2. The zero-order chi connectivity index (χ0) is 15.3. The second kappa shape index (κ2) is 6.76. The Hall–Kier alpha value is -1.28. The Bertz CT molecular complexity index is 301. The van der Waals surface area contributed by atoms with E-state index in [4.69, 9.17) is 5.73 Å². The molecule has 0 aliphatic rings. The fourth-order valence-corrected chi connectivity index (χ4v) is 1.34. The molecule has 8 heteroatoms. The largest absolute Gasteiger partial charge is 0.318 e. The summed E-state index contributed by atoms with van der Waals surface area (Å²) in [6, 6.07) is 0. The summed E-state index contributed by atoms with van der Waals surface area (Å²) in [4.78, 5) is 22.8. The SMILES string of the molecule is CC(C)(CCN(CN)CCC(C)(C)[N+](=O)[O-])[N+](=O)[O-]. The third-order valence-corrected chi connectivity index (χ3v) is 3.33. The van der Waals surface area contributed by atoms with Crippen LogP contribution in [0.15, 0.2) is 0 Å². The van der Waals surface area contributed by atoms with E-state index in [9.17, 15) is 20.2 Å². The van der Waals surface area contributed by atoms with E-state index in [1.165, 1.54) is 0 Å². The standard InChI is InChI=1S/C11H24N4O4/c1-10(2,14(16)17)5-7-13(9-12)8-6-11(3,4)15(18)19/h5-9,12H2,1-4H3. The molecule has 0 saturated heterocycles. The molecule has 0 aromatic rings. The van der Waals surface area contributed by atoms with Gasteiger partial charge in [-0.1, -0.05) is 0 Å². The van der Waals surface area contributed by atoms with Crippen LogP contribution < -0.4 is 5.73 Å². The van der Waals surface area contributed by atoms with Gasteiger partial charge in [0.25, 0.3) is 0 Å². The molecule has 0 aliphatic carbocycles. The Morgan fingerprint density at radius 3 is 1.47 bits per heavy atom. The summed E-state index contributed by atoms with van der Waals surface area (Å²) in [7, 11) is 0. The first-order valence-corrected chi connectivity index (χ1v) is 6.24. The first-order chi connectivity index (χ1) is 8.53. The highest BCUT2D eigenvalue weighted by Crippen LogP contribution is 2.16. The third-order valence-electron chi connectivity index (χ3n) is 3.33. The van der Waals surface area contributed by atoms with Crippen LogP contribution in [0.1, 0.15) is 40.5 Å². The summed E-state index contributed by atoms with van der Waals surface area (Å²) < 4.78 is 0. The Morgan fingerprint density at radius 1 is 0.947 bits per heavy atom. The molecule has 0 heterocycles. The van der Waals surface area contributed by atoms with Gasteiger partial charge in [-0.25, -0.2) is 0 Å². The van der Waals surface area contributed by atoms with Crippen molar-refractivity contribution in [2.24, 2.45) is 5.73 Å². The van der Waals surface area contributed by atoms with Crippen LogP contribution in [0.2, 0.25) is 0 Å². The highest BCUT2D eigenvalue weighted by Gasteiger charge is 2.33. The maximum Gasteiger partial charge on any atom is 0.218 e. The van der Waals surface area contributed by atoms with Gasteiger partial charge in [0.1, 0.15) is 0 Å². The average Bonchev–Trinajstić information content (AvgIpc) is 2.28. The van der Waals surface area contributed by atoms with Gasteiger partial charge in [-0.2, -0.15) is 0 Å². The maximum absolute atomic E-state index is 10.8. The van der Waals surface area contributed by atoms with Crippen molar-refractivity contribution in [2.75, 3.05) is 19.8 Å². The van der Waals surface area contributed by atoms with Gasteiger partial charge in [0, 0.05) is 70.1 Å². The van der Waals surface area contributed by atoms with Crippen molar-refractivity contribution >= 4 is 0 Å². The number of nitrogens with zero attached hydrogens (tertiary/aromatic N) is 3. The van der Waals surface area contributed by atoms with E-state index in [0.717, 1.165) is 0 Å². The topological polar surface area (TPSA) is 116 Å². The van der Waals surface area contributed by atoms with Crippen LogP contribution in [-0.4, -0.2) is 45.6 Å². The van der Waals surface area contributed by atoms with Crippen LogP contribution in [0.5, 0.6) is 0 Å². The Labute approximate surface area is 113 Å². The normalized spacial score (nSPS) is 12.7. The van der Waals surface area contributed by atoms with Gasteiger partial charge in [0.05, 0.1) is 0 Å². The molecule has 2 N–H and O–H groups in total. The predicted octanol–water partition coefficient (Wildman–Crippen LogP) is 1.10. The van der Waals surface area contributed by atoms with Crippen LogP contribution in [0.4, 0.5) is 0 Å². The summed E-state index contributed by atoms with van der Waals surface area (Å²) in [6.07, 6.45) is 0.714. The van der Waals surface area contributed by atoms with Crippen LogP contribution >= 0.6 is 0 Å². The quantitative estimate of drug-likeness (QED) is 0.383. The lowest BCUT2D eigenvalue weighted by Gasteiger charge is -2.25. The molecule has 0 radical (unpaired) electrons. The predicted molar refractivity (Wildman–Crippen MR) is 72.0 cm³/mol. The van der Waals surface area contributed by atoms with Gasteiger partial charge in [-0.15, -0.1) is 0 Å². The minimum atomic E-state index is -1.01. The van der Waals surface area contributed by atoms with Crippen LogP contribution in [0.25, 0.3) is 0 Å². The molecule has 0 atom stereocenters. The van der Waals surface area contributed by atoms with Crippen molar-refractivity contribution in [3.63, 3.8) is 0 Å². The number of nitrogens with two attached hydrogens (primary N) is 1. The van der Waals surface area contributed by atoms with Crippen molar-refractivity contribution in [3.8, 4) is 0 Å². The molecule has 0 aromatic heterocycles. The van der Waals surface area contributed by atoms with Crippen LogP contribution in [-0.2, 0) is 0 Å². The number of hydrogen-bond acceptors (Lipinski definition) is 6. The molecule has 0 amide bonds. The smallest absolute Gasteiger partial charge is 0.218 e. The first-order valence-electron chi connectivity index (χ1n) is 6.24. The second-order valence-corrected chi connectivity index (χ2v) is 5.94. The molecule has 0 aromatic carbocycles. The van der Waals surface area contributed by atoms with Gasteiger partial charge in [0.15, 0.2) is 0 Å². The van der Waals surface area contributed by atoms with E-state index in [0.29, 0.717) is 25.9 Å². The lowest BCUT2D eigenvalue weighted by molar-refractivity contribution is -0.562. The molecular weight excluding hydrogens is 252 g/mol. The summed E-state index contributed by atoms with van der Waals surface area (Å²) in [5.41, 5.74) is 3.55. The molecule has 0 bridgehead atoms. The van der Waals surface area contributed by atoms with Gasteiger partial charge < -0.3 is 5.73 Å². The lowest BCUT2D eigenvalue weighted by Crippen LogP contribution is -2.42. The highest BCUT2D eigenvalue weighted by atomic mass is 16.6. The summed E-state index contributed by atoms with van der Waals surface area (Å²) in [5, 5.41) is 21.6. The molecule has 0 rings (SSSR count). The second-order valence-electron chi connectivity index (χ2n) is 5.94. The van der Waals surface area contributed by atoms with Crippen molar-refractivity contribution < 1.29 is 9.85 Å². The van der Waals surface area contributed by atoms with E-state index >= 15 is 0 Å². The molecular formula is C11H24N4O4. The van der Waals surface area contributed by atoms with E-state index < -0.39 is 11.1 Å². The monoisotopic (exact) mass is 276 g/mol. The van der Waals surface area contributed by atoms with Crippen molar-refractivity contribution in [1.29, 1.82) is 0 Å². The fraction of sp³-hybridized carbons (Fsp3) is 1.00. The zero-order valence-corrected chi connectivity index (χ0v) is 12.1. The van der Waals surface area contributed by atoms with Crippen molar-refractivity contribution in [2.45, 2.75) is 51.6 Å². The van der Waals surface area contributed by atoms with Crippen LogP contribution in [0.3, 0.4) is 0 Å². The van der Waals surface area contributed by atoms with Crippen molar-refractivity contribution in [1.82, 2.24) is 4.90 Å². The van der Waals surface area contributed by atoms with Crippen molar-refractivity contribution in [3.05, 3.63) is 20.2 Å². The summed E-state index contributed by atoms with van der Waals surface area (Å²) >= 11 is 0. The Morgan fingerprint density at radius 2 is 1.26 bits per heavy atom. The van der Waals surface area contributed by atoms with E-state index in [1.807, 2.05) is 0 Å². The average molecular weight is 276 g/mol. The fourth-order valence-electron chi connectivity index (χ4n) is 1.34.